The molecular formula is C15H17N5O. The molecule has 4 N–H and O–H groups in total. The van der Waals surface area contributed by atoms with E-state index in [1.165, 1.54) is 0 Å². The summed E-state index contributed by atoms with van der Waals surface area (Å²) in [5.41, 5.74) is 9.89. The number of amides is 1. The van der Waals surface area contributed by atoms with Gasteiger partial charge in [0, 0.05) is 41.4 Å². The van der Waals surface area contributed by atoms with Crippen molar-refractivity contribution in [1.82, 2.24) is 20.1 Å². The Labute approximate surface area is 121 Å². The largest absolute Gasteiger partial charge is 0.399 e. The van der Waals surface area contributed by atoms with Crippen LogP contribution < -0.4 is 11.1 Å². The molecule has 1 aromatic carbocycles. The minimum Gasteiger partial charge on any atom is -0.399 e. The van der Waals surface area contributed by atoms with E-state index in [9.17, 15) is 4.79 Å². The summed E-state index contributed by atoms with van der Waals surface area (Å²) >= 11 is 0. The molecule has 0 aliphatic carbocycles. The second kappa shape index (κ2) is 4.97. The molecule has 2 heterocycles. The maximum absolute atomic E-state index is 12.2. The van der Waals surface area contributed by atoms with Gasteiger partial charge in [-0.25, -0.2) is 0 Å². The number of hydrogen-bond acceptors (Lipinski definition) is 3. The molecule has 6 nitrogen and oxygen atoms in total. The van der Waals surface area contributed by atoms with Gasteiger partial charge in [0.25, 0.3) is 5.91 Å². The number of nitrogens with two attached hydrogens (primary N) is 1. The molecule has 0 radical (unpaired) electrons. The third-order valence-corrected chi connectivity index (χ3v) is 3.67. The number of nitrogen functional groups attached to an aromatic ring is 1. The highest BCUT2D eigenvalue weighted by atomic mass is 16.1. The van der Waals surface area contributed by atoms with Crippen LogP contribution in [-0.4, -0.2) is 20.7 Å². The smallest absolute Gasteiger partial charge is 0.267 e. The minimum atomic E-state index is -0.145. The zero-order valence-electron chi connectivity index (χ0n) is 12.0. The van der Waals surface area contributed by atoms with Crippen LogP contribution >= 0.6 is 0 Å². The summed E-state index contributed by atoms with van der Waals surface area (Å²) in [5.74, 6) is -0.145. The molecule has 0 aliphatic heterocycles. The van der Waals surface area contributed by atoms with Gasteiger partial charge in [-0.15, -0.1) is 0 Å². The van der Waals surface area contributed by atoms with E-state index in [0.717, 1.165) is 22.2 Å². The van der Waals surface area contributed by atoms with Gasteiger partial charge in [-0.3, -0.25) is 9.48 Å². The molecule has 0 bridgehead atoms. The number of carbonyl (C=O) groups is 1. The van der Waals surface area contributed by atoms with Gasteiger partial charge in [0.05, 0.1) is 6.20 Å². The number of anilines is 1. The SMILES string of the molecule is Cc1c(CNC(=O)c2cc3cc(N)ccc3[nH]2)cnn1C. The van der Waals surface area contributed by atoms with Gasteiger partial charge in [0.15, 0.2) is 0 Å². The van der Waals surface area contributed by atoms with Crippen LogP contribution in [0.25, 0.3) is 10.9 Å². The fourth-order valence-electron chi connectivity index (χ4n) is 2.26. The van der Waals surface area contributed by atoms with Crippen LogP contribution in [0.3, 0.4) is 0 Å². The number of H-pyrrole nitrogens is 1. The molecule has 1 amide bonds. The number of rotatable bonds is 3. The highest BCUT2D eigenvalue weighted by Gasteiger charge is 2.11. The number of nitrogens with zero attached hydrogens (tertiary/aromatic N) is 2. The standard InChI is InChI=1S/C15H17N5O/c1-9-11(8-18-20(9)2)7-17-15(21)14-6-10-5-12(16)3-4-13(10)19-14/h3-6,8,19H,7,16H2,1-2H3,(H,17,21). The summed E-state index contributed by atoms with van der Waals surface area (Å²) in [5, 5.41) is 7.97. The summed E-state index contributed by atoms with van der Waals surface area (Å²) < 4.78 is 1.78. The van der Waals surface area contributed by atoms with Gasteiger partial charge in [-0.2, -0.15) is 5.10 Å². The van der Waals surface area contributed by atoms with Crippen molar-refractivity contribution >= 4 is 22.5 Å². The first kappa shape index (κ1) is 13.2. The lowest BCUT2D eigenvalue weighted by molar-refractivity contribution is 0.0946. The molecule has 0 aliphatic rings. The van der Waals surface area contributed by atoms with E-state index in [2.05, 4.69) is 15.4 Å². The predicted molar refractivity (Wildman–Crippen MR) is 81.8 cm³/mol. The Hall–Kier alpha value is -2.76. The molecule has 3 rings (SSSR count). The van der Waals surface area contributed by atoms with Crippen LogP contribution in [0.1, 0.15) is 21.7 Å². The van der Waals surface area contributed by atoms with Gasteiger partial charge in [0.2, 0.25) is 0 Å². The molecule has 0 fully saturated rings. The Morgan fingerprint density at radius 1 is 1.43 bits per heavy atom. The number of benzene rings is 1. The van der Waals surface area contributed by atoms with Crippen LogP contribution in [0.2, 0.25) is 0 Å². The number of nitrogens with one attached hydrogen (secondary N) is 2. The quantitative estimate of drug-likeness (QED) is 0.639. The van der Waals surface area contributed by atoms with E-state index in [0.29, 0.717) is 17.9 Å². The second-order valence-electron chi connectivity index (χ2n) is 5.09. The molecule has 6 heteroatoms. The minimum absolute atomic E-state index is 0.145. The Kier molecular flexibility index (Phi) is 3.13. The van der Waals surface area contributed by atoms with Crippen LogP contribution in [0.5, 0.6) is 0 Å². The zero-order valence-corrected chi connectivity index (χ0v) is 12.0. The molecule has 0 atom stereocenters. The maximum Gasteiger partial charge on any atom is 0.267 e. The lowest BCUT2D eigenvalue weighted by Crippen LogP contribution is -2.23. The number of aryl methyl sites for hydroxylation is 1. The third-order valence-electron chi connectivity index (χ3n) is 3.67. The summed E-state index contributed by atoms with van der Waals surface area (Å²) in [4.78, 5) is 15.3. The monoisotopic (exact) mass is 283 g/mol. The van der Waals surface area contributed by atoms with E-state index < -0.39 is 0 Å². The Balaban J connectivity index is 1.76. The predicted octanol–water partition coefficient (Wildman–Crippen LogP) is 1.72. The van der Waals surface area contributed by atoms with E-state index in [-0.39, 0.29) is 5.91 Å². The van der Waals surface area contributed by atoms with Crippen molar-refractivity contribution in [2.75, 3.05) is 5.73 Å². The van der Waals surface area contributed by atoms with Crippen LogP contribution in [0, 0.1) is 6.92 Å². The van der Waals surface area contributed by atoms with Crippen molar-refractivity contribution in [3.8, 4) is 0 Å². The number of carbonyl (C=O) groups excluding carboxylic acids is 1. The molecule has 21 heavy (non-hydrogen) atoms. The topological polar surface area (TPSA) is 88.7 Å². The number of aromatic nitrogens is 3. The van der Waals surface area contributed by atoms with Gasteiger partial charge in [0.1, 0.15) is 5.69 Å². The lowest BCUT2D eigenvalue weighted by Gasteiger charge is -2.03. The van der Waals surface area contributed by atoms with E-state index in [1.807, 2.05) is 26.1 Å². The van der Waals surface area contributed by atoms with Crippen molar-refractivity contribution in [1.29, 1.82) is 0 Å². The first-order valence-corrected chi connectivity index (χ1v) is 6.68. The van der Waals surface area contributed by atoms with Crippen molar-refractivity contribution in [2.24, 2.45) is 7.05 Å². The van der Waals surface area contributed by atoms with Crippen LogP contribution in [0.4, 0.5) is 5.69 Å². The van der Waals surface area contributed by atoms with E-state index in [1.54, 1.807) is 23.0 Å². The Morgan fingerprint density at radius 3 is 2.95 bits per heavy atom. The number of aromatic amines is 1. The number of fused-ring (bicyclic) bond motifs is 1. The lowest BCUT2D eigenvalue weighted by atomic mass is 10.2. The molecule has 3 aromatic rings. The Bertz CT molecular complexity index is 815. The fraction of sp³-hybridized carbons (Fsp3) is 0.200. The highest BCUT2D eigenvalue weighted by molar-refractivity contribution is 5.98. The van der Waals surface area contributed by atoms with E-state index >= 15 is 0 Å². The van der Waals surface area contributed by atoms with Crippen molar-refractivity contribution in [3.05, 3.63) is 47.4 Å². The van der Waals surface area contributed by atoms with Gasteiger partial charge in [-0.05, 0) is 31.2 Å². The molecule has 0 saturated carbocycles. The molecular weight excluding hydrogens is 266 g/mol. The second-order valence-corrected chi connectivity index (χ2v) is 5.09. The van der Waals surface area contributed by atoms with Gasteiger partial charge >= 0.3 is 0 Å². The Morgan fingerprint density at radius 2 is 2.24 bits per heavy atom. The maximum atomic E-state index is 12.2. The van der Waals surface area contributed by atoms with Gasteiger partial charge in [-0.1, -0.05) is 0 Å². The van der Waals surface area contributed by atoms with Crippen LogP contribution in [0.15, 0.2) is 30.5 Å². The van der Waals surface area contributed by atoms with Crippen LogP contribution in [-0.2, 0) is 13.6 Å². The summed E-state index contributed by atoms with van der Waals surface area (Å²) in [6.07, 6.45) is 1.77. The zero-order chi connectivity index (χ0) is 15.0. The van der Waals surface area contributed by atoms with Crippen molar-refractivity contribution < 1.29 is 4.79 Å². The molecule has 108 valence electrons. The average Bonchev–Trinajstić information content (AvgIpc) is 3.01. The highest BCUT2D eigenvalue weighted by Crippen LogP contribution is 2.18. The normalized spacial score (nSPS) is 11.0. The summed E-state index contributed by atoms with van der Waals surface area (Å²) in [6, 6.07) is 7.32. The third kappa shape index (κ3) is 2.47. The average molecular weight is 283 g/mol. The fourth-order valence-corrected chi connectivity index (χ4v) is 2.26. The molecule has 0 unspecified atom stereocenters. The molecule has 0 saturated heterocycles. The van der Waals surface area contributed by atoms with Crippen molar-refractivity contribution in [2.45, 2.75) is 13.5 Å². The van der Waals surface area contributed by atoms with Crippen molar-refractivity contribution in [3.63, 3.8) is 0 Å². The van der Waals surface area contributed by atoms with Gasteiger partial charge < -0.3 is 16.0 Å². The summed E-state index contributed by atoms with van der Waals surface area (Å²) in [6.45, 7) is 2.43. The summed E-state index contributed by atoms with van der Waals surface area (Å²) in [7, 11) is 1.88. The first-order chi connectivity index (χ1) is 10.0. The van der Waals surface area contributed by atoms with E-state index in [4.69, 9.17) is 5.73 Å². The molecule has 2 aromatic heterocycles. The first-order valence-electron chi connectivity index (χ1n) is 6.68. The molecule has 0 spiro atoms. The number of hydrogen-bond donors (Lipinski definition) is 3.